The van der Waals surface area contributed by atoms with Crippen LogP contribution in [0, 0.1) is 5.92 Å². The van der Waals surface area contributed by atoms with E-state index in [-0.39, 0.29) is 5.54 Å². The highest BCUT2D eigenvalue weighted by Crippen LogP contribution is 2.35. The molecule has 0 spiro atoms. The van der Waals surface area contributed by atoms with E-state index in [4.69, 9.17) is 5.73 Å². The molecule has 0 bridgehead atoms. The van der Waals surface area contributed by atoms with Crippen LogP contribution < -0.4 is 5.73 Å². The van der Waals surface area contributed by atoms with E-state index in [0.29, 0.717) is 0 Å². The Bertz CT molecular complexity index is 217. The third-order valence-electron chi connectivity index (χ3n) is 4.40. The first kappa shape index (κ1) is 12.4. The van der Waals surface area contributed by atoms with Crippen LogP contribution in [0.4, 0.5) is 0 Å². The number of nitrogens with zero attached hydrogens (tertiary/aromatic N) is 1. The lowest BCUT2D eigenvalue weighted by molar-refractivity contribution is 0.0560. The van der Waals surface area contributed by atoms with Crippen molar-refractivity contribution >= 4 is 0 Å². The lowest BCUT2D eigenvalue weighted by atomic mass is 9.78. The summed E-state index contributed by atoms with van der Waals surface area (Å²) in [6.45, 7) is 6.83. The highest BCUT2D eigenvalue weighted by Gasteiger charge is 2.33. The summed E-state index contributed by atoms with van der Waals surface area (Å²) in [6.07, 6.45) is 9.86. The first-order valence-electron chi connectivity index (χ1n) is 7.09. The molecule has 0 unspecified atom stereocenters. The number of nitrogens with two attached hydrogens (primary N) is 1. The molecule has 0 aromatic rings. The van der Waals surface area contributed by atoms with Crippen LogP contribution in [0.1, 0.15) is 58.8 Å². The van der Waals surface area contributed by atoms with Gasteiger partial charge >= 0.3 is 0 Å². The Hall–Kier alpha value is -0.0800. The molecule has 2 heteroatoms. The summed E-state index contributed by atoms with van der Waals surface area (Å²) in [5.41, 5.74) is 6.10. The van der Waals surface area contributed by atoms with Crippen LogP contribution in [0.2, 0.25) is 0 Å². The van der Waals surface area contributed by atoms with E-state index in [1.54, 1.807) is 0 Å². The molecule has 2 nitrogen and oxygen atoms in total. The second kappa shape index (κ2) is 5.05. The van der Waals surface area contributed by atoms with Crippen molar-refractivity contribution < 1.29 is 0 Å². The largest absolute Gasteiger partial charge is 0.326 e. The van der Waals surface area contributed by atoms with Crippen LogP contribution in [0.25, 0.3) is 0 Å². The maximum absolute atomic E-state index is 6.09. The minimum atomic E-state index is 0.00160. The van der Waals surface area contributed by atoms with Gasteiger partial charge in [0.2, 0.25) is 0 Å². The number of fused-ring (bicyclic) bond motifs is 1. The molecule has 2 aliphatic rings. The van der Waals surface area contributed by atoms with Gasteiger partial charge < -0.3 is 10.6 Å². The van der Waals surface area contributed by atoms with Crippen molar-refractivity contribution in [2.24, 2.45) is 11.7 Å². The fourth-order valence-corrected chi connectivity index (χ4v) is 3.44. The lowest BCUT2D eigenvalue weighted by Gasteiger charge is -2.44. The van der Waals surface area contributed by atoms with Crippen molar-refractivity contribution in [2.45, 2.75) is 70.4 Å². The highest BCUT2D eigenvalue weighted by molar-refractivity contribution is 4.88. The van der Waals surface area contributed by atoms with Gasteiger partial charge in [-0.15, -0.1) is 0 Å². The molecule has 1 saturated heterocycles. The zero-order valence-corrected chi connectivity index (χ0v) is 11.0. The van der Waals surface area contributed by atoms with Crippen molar-refractivity contribution in [1.29, 1.82) is 0 Å². The molecule has 2 N–H and O–H groups in total. The molecule has 1 aliphatic carbocycles. The molecule has 0 amide bonds. The minimum Gasteiger partial charge on any atom is -0.326 e. The van der Waals surface area contributed by atoms with Crippen LogP contribution in [0.3, 0.4) is 0 Å². The molecule has 0 aromatic heterocycles. The molecule has 2 rings (SSSR count). The fourth-order valence-electron chi connectivity index (χ4n) is 3.44. The number of hydrogen-bond acceptors (Lipinski definition) is 2. The first-order valence-corrected chi connectivity index (χ1v) is 7.09. The van der Waals surface area contributed by atoms with Crippen LogP contribution in [0.15, 0.2) is 0 Å². The topological polar surface area (TPSA) is 29.3 Å². The number of piperidine rings is 1. The van der Waals surface area contributed by atoms with Crippen molar-refractivity contribution in [3.63, 3.8) is 0 Å². The number of rotatable bonds is 3. The molecule has 2 atom stereocenters. The molecule has 1 heterocycles. The Balaban J connectivity index is 1.87. The molecular weight excluding hydrogens is 196 g/mol. The van der Waals surface area contributed by atoms with Gasteiger partial charge in [-0.05, 0) is 58.4 Å². The van der Waals surface area contributed by atoms with Crippen LogP contribution in [-0.2, 0) is 0 Å². The number of likely N-dealkylation sites (tertiary alicyclic amines) is 1. The Morgan fingerprint density at radius 2 is 1.81 bits per heavy atom. The van der Waals surface area contributed by atoms with E-state index in [1.165, 1.54) is 51.6 Å². The van der Waals surface area contributed by atoms with Gasteiger partial charge in [-0.3, -0.25) is 0 Å². The van der Waals surface area contributed by atoms with Gasteiger partial charge in [0.05, 0.1) is 0 Å². The fraction of sp³-hybridized carbons (Fsp3) is 1.00. The summed E-state index contributed by atoms with van der Waals surface area (Å²) in [5, 5.41) is 0. The summed E-state index contributed by atoms with van der Waals surface area (Å²) in [4.78, 5) is 2.74. The molecule has 16 heavy (non-hydrogen) atoms. The van der Waals surface area contributed by atoms with E-state index in [1.807, 2.05) is 0 Å². The first-order chi connectivity index (χ1) is 7.56. The second-order valence-corrected chi connectivity index (χ2v) is 6.53. The molecule has 1 aliphatic heterocycles. The number of hydrogen-bond donors (Lipinski definition) is 1. The van der Waals surface area contributed by atoms with Crippen molar-refractivity contribution in [3.8, 4) is 0 Å². The zero-order valence-electron chi connectivity index (χ0n) is 11.0. The van der Waals surface area contributed by atoms with Gasteiger partial charge in [-0.1, -0.05) is 12.8 Å². The average molecular weight is 224 g/mol. The SMILES string of the molecule is CC(C)(N)CCN1CCC[C@H]2CCCC[C@H]21. The van der Waals surface area contributed by atoms with Crippen LogP contribution in [0.5, 0.6) is 0 Å². The predicted octanol–water partition coefficient (Wildman–Crippen LogP) is 2.77. The van der Waals surface area contributed by atoms with Crippen molar-refractivity contribution in [2.75, 3.05) is 13.1 Å². The standard InChI is InChI=1S/C14H28N2/c1-14(2,15)9-11-16-10-5-7-12-6-3-4-8-13(12)16/h12-13H,3-11,15H2,1-2H3/t12-,13-/m1/s1. The van der Waals surface area contributed by atoms with Crippen LogP contribution in [-0.4, -0.2) is 29.6 Å². The van der Waals surface area contributed by atoms with Gasteiger partial charge in [0.15, 0.2) is 0 Å². The zero-order chi connectivity index (χ0) is 11.6. The summed E-state index contributed by atoms with van der Waals surface area (Å²) in [6, 6.07) is 0.893. The Kier molecular flexibility index (Phi) is 3.91. The van der Waals surface area contributed by atoms with Crippen molar-refractivity contribution in [1.82, 2.24) is 4.90 Å². The minimum absolute atomic E-state index is 0.00160. The summed E-state index contributed by atoms with van der Waals surface area (Å²) in [7, 11) is 0. The normalized spacial score (nSPS) is 32.4. The molecule has 0 aromatic carbocycles. The van der Waals surface area contributed by atoms with Gasteiger partial charge in [0, 0.05) is 18.1 Å². The summed E-state index contributed by atoms with van der Waals surface area (Å²) < 4.78 is 0. The quantitative estimate of drug-likeness (QED) is 0.798. The van der Waals surface area contributed by atoms with E-state index in [0.717, 1.165) is 18.4 Å². The summed E-state index contributed by atoms with van der Waals surface area (Å²) >= 11 is 0. The van der Waals surface area contributed by atoms with Gasteiger partial charge in [0.1, 0.15) is 0 Å². The van der Waals surface area contributed by atoms with Gasteiger partial charge in [-0.25, -0.2) is 0 Å². The van der Waals surface area contributed by atoms with Gasteiger partial charge in [0.25, 0.3) is 0 Å². The molecular formula is C14H28N2. The van der Waals surface area contributed by atoms with Gasteiger partial charge in [-0.2, -0.15) is 0 Å². The monoisotopic (exact) mass is 224 g/mol. The third kappa shape index (κ3) is 3.21. The third-order valence-corrected chi connectivity index (χ3v) is 4.40. The predicted molar refractivity (Wildman–Crippen MR) is 69.4 cm³/mol. The Morgan fingerprint density at radius 3 is 2.56 bits per heavy atom. The maximum atomic E-state index is 6.09. The van der Waals surface area contributed by atoms with E-state index in [9.17, 15) is 0 Å². The smallest absolute Gasteiger partial charge is 0.0123 e. The maximum Gasteiger partial charge on any atom is 0.0123 e. The highest BCUT2D eigenvalue weighted by atomic mass is 15.2. The molecule has 1 saturated carbocycles. The van der Waals surface area contributed by atoms with Crippen molar-refractivity contribution in [3.05, 3.63) is 0 Å². The van der Waals surface area contributed by atoms with E-state index in [2.05, 4.69) is 18.7 Å². The Labute approximate surface area is 101 Å². The van der Waals surface area contributed by atoms with E-state index < -0.39 is 0 Å². The average Bonchev–Trinajstić information content (AvgIpc) is 2.25. The Morgan fingerprint density at radius 1 is 1.12 bits per heavy atom. The lowest BCUT2D eigenvalue weighted by Crippen LogP contribution is -2.49. The van der Waals surface area contributed by atoms with Crippen LogP contribution >= 0.6 is 0 Å². The van der Waals surface area contributed by atoms with E-state index >= 15 is 0 Å². The molecule has 94 valence electrons. The second-order valence-electron chi connectivity index (χ2n) is 6.53. The molecule has 0 radical (unpaired) electrons. The summed E-state index contributed by atoms with van der Waals surface area (Å²) in [5.74, 6) is 1.00. The molecule has 2 fully saturated rings.